The standard InChI is InChI=1S/C32H34BrN9O/c1-42-26-14-20(7-9-22(26)27(18-5-2-3-6-18)28(42)29-34-15-21(33)16-35-29)30(43)39-32(11-4-12-32)31-37-23-10-8-19(13-24(23)38-31)25-17-36-41-40-25/h7-10,13-16,18,25,27-28H,2-6,11-12,17H2,1H3,(H,36,40)(H,37,38)(H,39,43). The lowest BCUT2D eigenvalue weighted by molar-refractivity contribution is 0.0811. The van der Waals surface area contributed by atoms with Crippen molar-refractivity contribution in [2.75, 3.05) is 18.5 Å². The maximum absolute atomic E-state index is 13.9. The smallest absolute Gasteiger partial charge is 0.252 e. The number of anilines is 1. The van der Waals surface area contributed by atoms with E-state index in [1.807, 2.05) is 24.5 Å². The molecule has 2 aromatic heterocycles. The van der Waals surface area contributed by atoms with Crippen molar-refractivity contribution in [2.24, 2.45) is 16.3 Å². The van der Waals surface area contributed by atoms with Gasteiger partial charge in [-0.3, -0.25) is 10.2 Å². The van der Waals surface area contributed by atoms with E-state index >= 15 is 0 Å². The average Bonchev–Trinajstić information content (AvgIpc) is 3.82. The number of aromatic amines is 1. The molecule has 2 aliphatic carbocycles. The van der Waals surface area contributed by atoms with Crippen molar-refractivity contribution < 1.29 is 4.79 Å². The van der Waals surface area contributed by atoms with E-state index < -0.39 is 5.54 Å². The number of benzene rings is 2. The molecule has 43 heavy (non-hydrogen) atoms. The van der Waals surface area contributed by atoms with Crippen LogP contribution >= 0.6 is 15.9 Å². The van der Waals surface area contributed by atoms with Gasteiger partial charge in [-0.15, -0.1) is 0 Å². The molecule has 0 bridgehead atoms. The number of fused-ring (bicyclic) bond motifs is 2. The van der Waals surface area contributed by atoms with E-state index in [9.17, 15) is 4.79 Å². The summed E-state index contributed by atoms with van der Waals surface area (Å²) in [5, 5.41) is 11.4. The van der Waals surface area contributed by atoms with Crippen LogP contribution in [-0.4, -0.2) is 39.4 Å². The number of halogens is 1. The van der Waals surface area contributed by atoms with Gasteiger partial charge in [-0.25, -0.2) is 15.0 Å². The van der Waals surface area contributed by atoms with Gasteiger partial charge in [-0.1, -0.05) is 30.2 Å². The molecule has 2 aromatic carbocycles. The third-order valence-corrected chi connectivity index (χ3v) is 10.5. The lowest BCUT2D eigenvalue weighted by atomic mass is 9.76. The van der Waals surface area contributed by atoms with Gasteiger partial charge in [-0.05, 0) is 89.3 Å². The first-order valence-corrected chi connectivity index (χ1v) is 16.1. The van der Waals surface area contributed by atoms with Gasteiger partial charge in [-0.2, -0.15) is 5.11 Å². The van der Waals surface area contributed by atoms with Crippen LogP contribution in [-0.2, 0) is 5.54 Å². The minimum Gasteiger partial charge on any atom is -0.363 e. The Morgan fingerprint density at radius 2 is 1.88 bits per heavy atom. The van der Waals surface area contributed by atoms with E-state index in [1.165, 1.54) is 31.2 Å². The number of amides is 1. The molecule has 0 saturated heterocycles. The van der Waals surface area contributed by atoms with Crippen molar-refractivity contribution in [2.45, 2.75) is 68.5 Å². The molecule has 3 N–H and O–H groups in total. The molecule has 3 unspecified atom stereocenters. The number of hydrogen-bond donors (Lipinski definition) is 3. The Morgan fingerprint density at radius 1 is 1.07 bits per heavy atom. The molecule has 2 aliphatic heterocycles. The predicted molar refractivity (Wildman–Crippen MR) is 167 cm³/mol. The predicted octanol–water partition coefficient (Wildman–Crippen LogP) is 6.40. The molecule has 4 aliphatic rings. The highest BCUT2D eigenvalue weighted by Crippen LogP contribution is 2.54. The van der Waals surface area contributed by atoms with E-state index in [0.29, 0.717) is 23.9 Å². The number of rotatable bonds is 6. The van der Waals surface area contributed by atoms with Crippen molar-refractivity contribution in [3.05, 3.63) is 81.6 Å². The Balaban J connectivity index is 1.08. The van der Waals surface area contributed by atoms with Gasteiger partial charge in [0.2, 0.25) is 0 Å². The molecule has 2 saturated carbocycles. The van der Waals surface area contributed by atoms with Crippen LogP contribution in [0, 0.1) is 5.92 Å². The van der Waals surface area contributed by atoms with Crippen LogP contribution in [0.1, 0.15) is 96.1 Å². The summed E-state index contributed by atoms with van der Waals surface area (Å²) in [5.41, 5.74) is 8.57. The summed E-state index contributed by atoms with van der Waals surface area (Å²) < 4.78 is 0.873. The highest BCUT2D eigenvalue weighted by molar-refractivity contribution is 9.10. The van der Waals surface area contributed by atoms with Gasteiger partial charge >= 0.3 is 0 Å². The van der Waals surface area contributed by atoms with Crippen molar-refractivity contribution in [1.29, 1.82) is 0 Å². The largest absolute Gasteiger partial charge is 0.363 e. The number of likely N-dealkylation sites (N-methyl/N-ethyl adjacent to an activating group) is 1. The minimum absolute atomic E-state index is 0.0460. The molecule has 1 amide bonds. The van der Waals surface area contributed by atoms with Gasteiger partial charge in [0.15, 0.2) is 5.82 Å². The highest BCUT2D eigenvalue weighted by Gasteiger charge is 2.46. The first-order chi connectivity index (χ1) is 21.0. The fourth-order valence-corrected chi connectivity index (χ4v) is 7.84. The summed E-state index contributed by atoms with van der Waals surface area (Å²) in [6.45, 7) is 0.626. The van der Waals surface area contributed by atoms with Gasteiger partial charge in [0.25, 0.3) is 5.91 Å². The van der Waals surface area contributed by atoms with Gasteiger partial charge in [0, 0.05) is 36.6 Å². The molecule has 0 radical (unpaired) electrons. The SMILES string of the molecule is CN1c2cc(C(=O)NC3(c4nc5ccc(C6CN=NN6)cc5[nH]4)CCC3)ccc2C(C2CCCC2)C1c1ncc(Br)cn1. The maximum Gasteiger partial charge on any atom is 0.252 e. The number of nitrogens with zero attached hydrogens (tertiary/aromatic N) is 6. The Kier molecular flexibility index (Phi) is 6.47. The average molecular weight is 641 g/mol. The first kappa shape index (κ1) is 26.7. The maximum atomic E-state index is 13.9. The van der Waals surface area contributed by atoms with Crippen LogP contribution < -0.4 is 15.6 Å². The molecule has 2 fully saturated rings. The van der Waals surface area contributed by atoms with Crippen LogP contribution in [0.5, 0.6) is 0 Å². The zero-order valence-electron chi connectivity index (χ0n) is 24.1. The number of hydrogen-bond acceptors (Lipinski definition) is 8. The van der Waals surface area contributed by atoms with Gasteiger partial charge < -0.3 is 15.2 Å². The zero-order chi connectivity index (χ0) is 29.1. The number of imidazole rings is 1. The fourth-order valence-electron chi connectivity index (χ4n) is 7.64. The quantitative estimate of drug-likeness (QED) is 0.224. The van der Waals surface area contributed by atoms with Crippen molar-refractivity contribution in [3.8, 4) is 0 Å². The first-order valence-electron chi connectivity index (χ1n) is 15.3. The second-order valence-corrected chi connectivity index (χ2v) is 13.4. The number of aromatic nitrogens is 4. The molecule has 4 aromatic rings. The lowest BCUT2D eigenvalue weighted by Crippen LogP contribution is -2.51. The molecule has 0 spiro atoms. The lowest BCUT2D eigenvalue weighted by Gasteiger charge is -2.40. The molecule has 8 rings (SSSR count). The summed E-state index contributed by atoms with van der Waals surface area (Å²) in [5.74, 6) is 2.47. The third-order valence-electron chi connectivity index (χ3n) is 10.1. The van der Waals surface area contributed by atoms with Gasteiger partial charge in [0.1, 0.15) is 5.82 Å². The monoisotopic (exact) mass is 639 g/mol. The van der Waals surface area contributed by atoms with E-state index in [1.54, 1.807) is 0 Å². The van der Waals surface area contributed by atoms with Crippen molar-refractivity contribution in [1.82, 2.24) is 30.7 Å². The number of carbonyl (C=O) groups excluding carboxylic acids is 1. The van der Waals surface area contributed by atoms with Crippen molar-refractivity contribution >= 4 is 38.6 Å². The second-order valence-electron chi connectivity index (χ2n) is 12.5. The minimum atomic E-state index is -0.502. The summed E-state index contributed by atoms with van der Waals surface area (Å²) >= 11 is 3.48. The third kappa shape index (κ3) is 4.51. The van der Waals surface area contributed by atoms with E-state index in [-0.39, 0.29) is 18.0 Å². The highest BCUT2D eigenvalue weighted by atomic mass is 79.9. The van der Waals surface area contributed by atoms with Crippen LogP contribution in [0.3, 0.4) is 0 Å². The summed E-state index contributed by atoms with van der Waals surface area (Å²) in [6, 6.07) is 12.6. The second kappa shape index (κ2) is 10.4. The zero-order valence-corrected chi connectivity index (χ0v) is 25.6. The summed E-state index contributed by atoms with van der Waals surface area (Å²) in [6.07, 6.45) is 11.4. The summed E-state index contributed by atoms with van der Waals surface area (Å²) in [4.78, 5) is 34.1. The molecular weight excluding hydrogens is 606 g/mol. The van der Waals surface area contributed by atoms with E-state index in [2.05, 4.69) is 78.2 Å². The fraction of sp³-hybridized carbons (Fsp3) is 0.438. The molecular formula is C32H34BrN9O. The van der Waals surface area contributed by atoms with E-state index in [0.717, 1.165) is 57.7 Å². The Morgan fingerprint density at radius 3 is 2.60 bits per heavy atom. The van der Waals surface area contributed by atoms with Gasteiger partial charge in [0.05, 0.1) is 39.7 Å². The Hall–Kier alpha value is -3.86. The normalized spacial score (nSPS) is 24.2. The van der Waals surface area contributed by atoms with E-state index in [4.69, 9.17) is 15.0 Å². The Labute approximate surface area is 258 Å². The number of H-pyrrole nitrogens is 1. The molecule has 11 heteroatoms. The molecule has 10 nitrogen and oxygen atoms in total. The van der Waals surface area contributed by atoms with Crippen LogP contribution in [0.15, 0.2) is 63.6 Å². The van der Waals surface area contributed by atoms with Crippen LogP contribution in [0.2, 0.25) is 0 Å². The van der Waals surface area contributed by atoms with Crippen LogP contribution in [0.25, 0.3) is 11.0 Å². The summed E-state index contributed by atoms with van der Waals surface area (Å²) in [7, 11) is 2.12. The Bertz CT molecular complexity index is 1720. The molecule has 220 valence electrons. The number of nitrogens with one attached hydrogen (secondary N) is 3. The number of carbonyl (C=O) groups is 1. The topological polar surface area (TPSA) is 124 Å². The van der Waals surface area contributed by atoms with Crippen LogP contribution in [0.4, 0.5) is 5.69 Å². The molecule has 3 atom stereocenters. The molecule has 4 heterocycles. The van der Waals surface area contributed by atoms with Crippen molar-refractivity contribution in [3.63, 3.8) is 0 Å².